The summed E-state index contributed by atoms with van der Waals surface area (Å²) in [5.74, 6) is -2.58. The van der Waals surface area contributed by atoms with E-state index in [4.69, 9.17) is 33.0 Å². The number of aliphatic hydroxyl groups is 1. The molecule has 3 rings (SSSR count). The van der Waals surface area contributed by atoms with Gasteiger partial charge in [0.05, 0.1) is 5.92 Å². The number of ether oxygens (including phenoxy) is 1. The van der Waals surface area contributed by atoms with Crippen molar-refractivity contribution >= 4 is 29.5 Å². The van der Waals surface area contributed by atoms with Crippen LogP contribution in [0.4, 0.5) is 13.2 Å². The van der Waals surface area contributed by atoms with Gasteiger partial charge in [-0.3, -0.25) is 4.79 Å². The maximum Gasteiger partial charge on any atom is 0.396 e. The summed E-state index contributed by atoms with van der Waals surface area (Å²) in [5, 5.41) is 14.6. The third-order valence-corrected chi connectivity index (χ3v) is 5.22. The van der Waals surface area contributed by atoms with Crippen LogP contribution in [0, 0.1) is 0 Å². The molecule has 1 N–H and O–H groups in total. The molecular weight excluding hydrogens is 482 g/mol. The van der Waals surface area contributed by atoms with Crippen molar-refractivity contribution < 1.29 is 27.8 Å². The van der Waals surface area contributed by atoms with E-state index in [-0.39, 0.29) is 33.9 Å². The van der Waals surface area contributed by atoms with Gasteiger partial charge in [0.15, 0.2) is 6.29 Å². The number of aromatic nitrogens is 3. The number of halogens is 5. The van der Waals surface area contributed by atoms with Gasteiger partial charge in [-0.25, -0.2) is 4.98 Å². The van der Waals surface area contributed by atoms with Gasteiger partial charge in [0.1, 0.15) is 17.5 Å². The molecule has 0 aliphatic heterocycles. The Morgan fingerprint density at radius 1 is 1.09 bits per heavy atom. The molecule has 33 heavy (non-hydrogen) atoms. The highest BCUT2D eigenvalue weighted by Gasteiger charge is 2.45. The second-order valence-corrected chi connectivity index (χ2v) is 7.57. The molecule has 11 heteroatoms. The number of alkyl halides is 3. The van der Waals surface area contributed by atoms with E-state index < -0.39 is 18.0 Å². The molecule has 0 spiro atoms. The van der Waals surface area contributed by atoms with Gasteiger partial charge < -0.3 is 9.84 Å². The van der Waals surface area contributed by atoms with E-state index in [1.54, 1.807) is 18.2 Å². The number of aldehydes is 1. The summed E-state index contributed by atoms with van der Waals surface area (Å²) in [6.45, 7) is 1.54. The van der Waals surface area contributed by atoms with Crippen LogP contribution in [0.3, 0.4) is 0 Å². The maximum atomic E-state index is 13.9. The number of carbonyl (C=O) groups excluding carboxylic acids is 1. The van der Waals surface area contributed by atoms with Crippen molar-refractivity contribution in [3.63, 3.8) is 0 Å². The zero-order valence-corrected chi connectivity index (χ0v) is 19.1. The van der Waals surface area contributed by atoms with Crippen molar-refractivity contribution in [3.05, 3.63) is 81.2 Å². The molecule has 2 unspecified atom stereocenters. The molecule has 2 aromatic heterocycles. The summed E-state index contributed by atoms with van der Waals surface area (Å²) in [6, 6.07) is 10.2. The lowest BCUT2D eigenvalue weighted by atomic mass is 9.82. The molecule has 0 bridgehead atoms. The standard InChI is InChI=1S/C21H16Cl2F3N3O2.CH4O/c1-12(20(21(24,25)26)14-6-7-27-18(23)9-14)16-4-2-13(8-17(16)22)11-31-19-5-3-15(10-30)28-29-19;1-2/h2-10,12,20H,11H2,1H3;2H,1H3. The average Bonchev–Trinajstić information content (AvgIpc) is 2.78. The number of rotatable bonds is 7. The highest BCUT2D eigenvalue weighted by atomic mass is 35.5. The van der Waals surface area contributed by atoms with Crippen LogP contribution in [-0.2, 0) is 6.61 Å². The fourth-order valence-corrected chi connectivity index (χ4v) is 3.77. The van der Waals surface area contributed by atoms with Crippen LogP contribution in [0.25, 0.3) is 0 Å². The van der Waals surface area contributed by atoms with Gasteiger partial charge >= 0.3 is 6.18 Å². The molecule has 0 amide bonds. The first-order chi connectivity index (χ1) is 15.7. The minimum atomic E-state index is -4.51. The lowest BCUT2D eigenvalue weighted by Gasteiger charge is -2.28. The molecule has 0 aliphatic carbocycles. The molecule has 0 saturated heterocycles. The molecule has 0 radical (unpaired) electrons. The Labute approximate surface area is 198 Å². The number of hydrogen-bond donors (Lipinski definition) is 1. The highest BCUT2D eigenvalue weighted by molar-refractivity contribution is 6.31. The minimum absolute atomic E-state index is 0.0122. The fraction of sp³-hybridized carbons (Fsp3) is 0.273. The first kappa shape index (κ1) is 26.5. The molecular formula is C22H20Cl2F3N3O3. The summed E-state index contributed by atoms with van der Waals surface area (Å²) in [4.78, 5) is 14.4. The molecule has 0 aliphatic rings. The predicted octanol–water partition coefficient (Wildman–Crippen LogP) is 5.63. The topological polar surface area (TPSA) is 85.2 Å². The minimum Gasteiger partial charge on any atom is -0.472 e. The predicted molar refractivity (Wildman–Crippen MR) is 118 cm³/mol. The second kappa shape index (κ2) is 11.9. The van der Waals surface area contributed by atoms with Gasteiger partial charge in [-0.05, 0) is 46.9 Å². The molecule has 2 heterocycles. The zero-order chi connectivity index (χ0) is 24.6. The summed E-state index contributed by atoms with van der Waals surface area (Å²) >= 11 is 12.1. The molecule has 2 atom stereocenters. The maximum absolute atomic E-state index is 13.9. The average molecular weight is 502 g/mol. The van der Waals surface area contributed by atoms with Gasteiger partial charge in [-0.2, -0.15) is 13.2 Å². The number of nitrogens with zero attached hydrogens (tertiary/aromatic N) is 3. The lowest BCUT2D eigenvalue weighted by molar-refractivity contribution is -0.154. The quantitative estimate of drug-likeness (QED) is 0.333. The summed E-state index contributed by atoms with van der Waals surface area (Å²) in [6.07, 6.45) is -2.71. The molecule has 0 saturated carbocycles. The molecule has 1 aromatic carbocycles. The van der Waals surface area contributed by atoms with E-state index >= 15 is 0 Å². The molecule has 3 aromatic rings. The molecule has 0 fully saturated rings. The normalized spacial score (nSPS) is 12.8. The van der Waals surface area contributed by atoms with E-state index in [9.17, 15) is 18.0 Å². The van der Waals surface area contributed by atoms with E-state index in [2.05, 4.69) is 15.2 Å². The lowest BCUT2D eigenvalue weighted by Crippen LogP contribution is -2.26. The number of carbonyl (C=O) groups is 1. The number of hydrogen-bond acceptors (Lipinski definition) is 6. The Morgan fingerprint density at radius 3 is 2.36 bits per heavy atom. The van der Waals surface area contributed by atoms with Gasteiger partial charge in [0.25, 0.3) is 0 Å². The fourth-order valence-electron chi connectivity index (χ4n) is 3.21. The monoisotopic (exact) mass is 501 g/mol. The smallest absolute Gasteiger partial charge is 0.396 e. The van der Waals surface area contributed by atoms with E-state index in [1.807, 2.05) is 0 Å². The highest BCUT2D eigenvalue weighted by Crippen LogP contribution is 2.46. The number of benzene rings is 1. The second-order valence-electron chi connectivity index (χ2n) is 6.78. The van der Waals surface area contributed by atoms with Crippen LogP contribution in [0.1, 0.15) is 45.9 Å². The van der Waals surface area contributed by atoms with Crippen molar-refractivity contribution in [2.45, 2.75) is 31.5 Å². The third-order valence-electron chi connectivity index (χ3n) is 4.69. The van der Waals surface area contributed by atoms with Gasteiger partial charge in [0, 0.05) is 24.4 Å². The van der Waals surface area contributed by atoms with Crippen molar-refractivity contribution in [2.75, 3.05) is 7.11 Å². The zero-order valence-electron chi connectivity index (χ0n) is 17.6. The van der Waals surface area contributed by atoms with Gasteiger partial charge in [0.2, 0.25) is 5.88 Å². The van der Waals surface area contributed by atoms with E-state index in [0.717, 1.165) is 7.11 Å². The van der Waals surface area contributed by atoms with Crippen molar-refractivity contribution in [1.82, 2.24) is 15.2 Å². The third kappa shape index (κ3) is 7.12. The van der Waals surface area contributed by atoms with Crippen LogP contribution >= 0.6 is 23.2 Å². The first-order valence-electron chi connectivity index (χ1n) is 9.52. The summed E-state index contributed by atoms with van der Waals surface area (Å²) in [7, 11) is 1.00. The Bertz CT molecular complexity index is 1070. The largest absolute Gasteiger partial charge is 0.472 e. The van der Waals surface area contributed by atoms with Crippen LogP contribution < -0.4 is 4.74 Å². The van der Waals surface area contributed by atoms with E-state index in [0.29, 0.717) is 17.4 Å². The Kier molecular flexibility index (Phi) is 9.57. The Balaban J connectivity index is 0.00000187. The summed E-state index contributed by atoms with van der Waals surface area (Å²) in [5.41, 5.74) is 1.16. The summed E-state index contributed by atoms with van der Waals surface area (Å²) < 4.78 is 47.1. The number of pyridine rings is 1. The van der Waals surface area contributed by atoms with Crippen LogP contribution in [0.15, 0.2) is 48.7 Å². The van der Waals surface area contributed by atoms with Crippen molar-refractivity contribution in [3.8, 4) is 5.88 Å². The van der Waals surface area contributed by atoms with Crippen LogP contribution in [0.5, 0.6) is 5.88 Å². The number of aliphatic hydroxyl groups excluding tert-OH is 1. The molecule has 176 valence electrons. The SMILES string of the molecule is CC(c1ccc(COc2ccc(C=O)nn2)cc1Cl)C(c1ccnc(Cl)c1)C(F)(F)F.CO. The Hall–Kier alpha value is -2.75. The first-order valence-corrected chi connectivity index (χ1v) is 10.3. The molecule has 6 nitrogen and oxygen atoms in total. The van der Waals surface area contributed by atoms with E-state index in [1.165, 1.54) is 37.4 Å². The van der Waals surface area contributed by atoms with Crippen LogP contribution in [-0.4, -0.2) is 39.9 Å². The Morgan fingerprint density at radius 2 is 1.82 bits per heavy atom. The van der Waals surface area contributed by atoms with Crippen molar-refractivity contribution in [1.29, 1.82) is 0 Å². The van der Waals surface area contributed by atoms with Gasteiger partial charge in [-0.1, -0.05) is 42.3 Å². The van der Waals surface area contributed by atoms with Gasteiger partial charge in [-0.15, -0.1) is 10.2 Å². The van der Waals surface area contributed by atoms with Crippen molar-refractivity contribution in [2.24, 2.45) is 0 Å². The van der Waals surface area contributed by atoms with Crippen LogP contribution in [0.2, 0.25) is 10.2 Å².